The number of carbonyl (C=O) groups is 3. The van der Waals surface area contributed by atoms with Crippen LogP contribution in [0.15, 0.2) is 84.1 Å². The summed E-state index contributed by atoms with van der Waals surface area (Å²) in [4.78, 5) is 52.8. The number of imidazole rings is 1. The number of rotatable bonds is 7. The minimum absolute atomic E-state index is 0.0384. The van der Waals surface area contributed by atoms with E-state index in [0.717, 1.165) is 5.56 Å². The number of aromatic carboxylic acids is 1. The highest BCUT2D eigenvalue weighted by Crippen LogP contribution is 2.43. The molecule has 11 heteroatoms. The van der Waals surface area contributed by atoms with Gasteiger partial charge in [-0.1, -0.05) is 42.5 Å². The van der Waals surface area contributed by atoms with Crippen molar-refractivity contribution in [2.45, 2.75) is 13.0 Å². The van der Waals surface area contributed by atoms with E-state index in [0.29, 0.717) is 37.9 Å². The summed E-state index contributed by atoms with van der Waals surface area (Å²) in [5, 5.41) is 21.2. The molecule has 1 aliphatic heterocycles. The third-order valence-electron chi connectivity index (χ3n) is 6.83. The number of Topliss-reactive ketones (excluding diaryl/α,β-unsaturated/α-hetero) is 1. The molecule has 204 valence electrons. The van der Waals surface area contributed by atoms with Crippen molar-refractivity contribution < 1.29 is 29.3 Å². The summed E-state index contributed by atoms with van der Waals surface area (Å²) in [7, 11) is 1.50. The van der Waals surface area contributed by atoms with Crippen LogP contribution in [-0.4, -0.2) is 49.9 Å². The van der Waals surface area contributed by atoms with Crippen LogP contribution in [0, 0.1) is 6.92 Å². The zero-order chi connectivity index (χ0) is 28.8. The third-order valence-corrected chi connectivity index (χ3v) is 8.04. The molecule has 10 nitrogen and oxygen atoms in total. The molecule has 0 saturated heterocycles. The Morgan fingerprint density at radius 2 is 1.80 bits per heavy atom. The Morgan fingerprint density at radius 1 is 1.02 bits per heavy atom. The van der Waals surface area contributed by atoms with Gasteiger partial charge in [0.2, 0.25) is 11.7 Å². The first-order chi connectivity index (χ1) is 19.8. The molecule has 1 unspecified atom stereocenters. The van der Waals surface area contributed by atoms with E-state index in [1.165, 1.54) is 41.5 Å². The molecule has 0 fully saturated rings. The molecule has 41 heavy (non-hydrogen) atoms. The van der Waals surface area contributed by atoms with Gasteiger partial charge in [0.05, 0.1) is 45.9 Å². The lowest BCUT2D eigenvalue weighted by atomic mass is 9.95. The monoisotopic (exact) mass is 566 g/mol. The molecule has 1 aliphatic rings. The fourth-order valence-corrected chi connectivity index (χ4v) is 5.89. The molecule has 5 aromatic rings. The number of aryl methyl sites for hydroxylation is 1. The lowest BCUT2D eigenvalue weighted by Crippen LogP contribution is -2.32. The number of thiazole rings is 1. The van der Waals surface area contributed by atoms with Gasteiger partial charge in [0.25, 0.3) is 5.91 Å². The van der Waals surface area contributed by atoms with Crippen molar-refractivity contribution in [2.24, 2.45) is 0 Å². The number of ether oxygens (including phenoxy) is 1. The molecule has 3 heterocycles. The van der Waals surface area contributed by atoms with Gasteiger partial charge >= 0.3 is 5.97 Å². The minimum atomic E-state index is -1.11. The van der Waals surface area contributed by atoms with Crippen LogP contribution in [0.3, 0.4) is 0 Å². The van der Waals surface area contributed by atoms with Crippen LogP contribution in [0.1, 0.15) is 37.3 Å². The summed E-state index contributed by atoms with van der Waals surface area (Å²) < 4.78 is 5.39. The van der Waals surface area contributed by atoms with E-state index in [9.17, 15) is 24.6 Å². The Morgan fingerprint density at radius 3 is 2.54 bits per heavy atom. The summed E-state index contributed by atoms with van der Waals surface area (Å²) >= 11 is 1.18. The number of fused-ring (bicyclic) bond motifs is 1. The number of ketones is 1. The van der Waals surface area contributed by atoms with Gasteiger partial charge in [0.15, 0.2) is 5.76 Å². The van der Waals surface area contributed by atoms with Gasteiger partial charge in [-0.15, -0.1) is 11.3 Å². The molecule has 3 N–H and O–H groups in total. The summed E-state index contributed by atoms with van der Waals surface area (Å²) in [6.07, 6.45) is 0. The highest BCUT2D eigenvalue weighted by atomic mass is 32.1. The Kier molecular flexibility index (Phi) is 6.35. The van der Waals surface area contributed by atoms with E-state index in [4.69, 9.17) is 4.74 Å². The van der Waals surface area contributed by atoms with Crippen LogP contribution in [0.2, 0.25) is 0 Å². The number of carboxylic acids is 1. The second-order valence-corrected chi connectivity index (χ2v) is 10.3. The maximum Gasteiger partial charge on any atom is 0.335 e. The lowest BCUT2D eigenvalue weighted by molar-refractivity contribution is -0.117. The molecule has 1 amide bonds. The van der Waals surface area contributed by atoms with Crippen molar-refractivity contribution in [3.05, 3.63) is 106 Å². The molecular weight excluding hydrogens is 544 g/mol. The van der Waals surface area contributed by atoms with Crippen molar-refractivity contribution in [2.75, 3.05) is 12.0 Å². The number of hydrogen-bond donors (Lipinski definition) is 3. The molecule has 0 aliphatic carbocycles. The van der Waals surface area contributed by atoms with Crippen LogP contribution in [-0.2, 0) is 4.79 Å². The number of carbonyl (C=O) groups excluding carboxylic acids is 2. The van der Waals surface area contributed by atoms with Gasteiger partial charge in [-0.3, -0.25) is 14.5 Å². The largest absolute Gasteiger partial charge is 0.503 e. The minimum Gasteiger partial charge on any atom is -0.503 e. The maximum atomic E-state index is 14.1. The van der Waals surface area contributed by atoms with Gasteiger partial charge in [-0.2, -0.15) is 0 Å². The van der Waals surface area contributed by atoms with Crippen molar-refractivity contribution in [3.8, 4) is 16.3 Å². The molecular formula is C30H22N4O6S. The van der Waals surface area contributed by atoms with Crippen LogP contribution in [0.25, 0.3) is 21.6 Å². The standard InChI is InChI=1S/C30H22N4O6S/c1-15-26(41-27(31-15)16-7-4-3-5-8-16)24(35)22-23(17-9-6-10-19(13-17)40-2)34(28(37)25(22)36)30-32-20-12-11-18(29(38)39)14-21(20)33-30/h3-14,23,36H,1-2H3,(H,32,33)(H,38,39). The van der Waals surface area contributed by atoms with Gasteiger partial charge in [-0.05, 0) is 42.8 Å². The van der Waals surface area contributed by atoms with Crippen LogP contribution in [0.4, 0.5) is 5.95 Å². The first kappa shape index (κ1) is 26.0. The fourth-order valence-electron chi connectivity index (χ4n) is 4.86. The Bertz CT molecular complexity index is 1890. The summed E-state index contributed by atoms with van der Waals surface area (Å²) in [5.74, 6) is -2.65. The molecule has 6 rings (SSSR count). The van der Waals surface area contributed by atoms with E-state index in [1.54, 1.807) is 31.2 Å². The normalized spacial score (nSPS) is 15.1. The van der Waals surface area contributed by atoms with E-state index in [-0.39, 0.29) is 17.1 Å². The van der Waals surface area contributed by atoms with E-state index < -0.39 is 29.5 Å². The highest BCUT2D eigenvalue weighted by molar-refractivity contribution is 7.17. The zero-order valence-electron chi connectivity index (χ0n) is 21.8. The number of aliphatic hydroxyl groups excluding tert-OH is 1. The van der Waals surface area contributed by atoms with Crippen molar-refractivity contribution in [1.82, 2.24) is 15.0 Å². The number of hydrogen-bond acceptors (Lipinski definition) is 8. The van der Waals surface area contributed by atoms with Crippen LogP contribution >= 0.6 is 11.3 Å². The van der Waals surface area contributed by atoms with Crippen LogP contribution in [0.5, 0.6) is 5.75 Å². The number of aliphatic hydroxyl groups is 1. The predicted molar refractivity (Wildman–Crippen MR) is 153 cm³/mol. The lowest BCUT2D eigenvalue weighted by Gasteiger charge is -2.24. The third kappa shape index (κ3) is 4.42. The Balaban J connectivity index is 1.49. The molecule has 0 bridgehead atoms. The number of methoxy groups -OCH3 is 1. The number of aromatic nitrogens is 3. The first-order valence-electron chi connectivity index (χ1n) is 12.5. The maximum absolute atomic E-state index is 14.1. The molecule has 2 aromatic heterocycles. The van der Waals surface area contributed by atoms with Crippen molar-refractivity contribution >= 4 is 46.0 Å². The second-order valence-electron chi connectivity index (χ2n) is 9.34. The number of carboxylic acid groups (broad SMARTS) is 1. The Hall–Kier alpha value is -5.29. The number of H-pyrrole nitrogens is 1. The average molecular weight is 567 g/mol. The molecule has 0 radical (unpaired) electrons. The number of nitrogens with zero attached hydrogens (tertiary/aromatic N) is 3. The Labute approximate surface area is 237 Å². The summed E-state index contributed by atoms with van der Waals surface area (Å²) in [5.41, 5.74) is 2.52. The predicted octanol–water partition coefficient (Wildman–Crippen LogP) is 5.48. The summed E-state index contributed by atoms with van der Waals surface area (Å²) in [6.45, 7) is 1.71. The molecule has 1 atom stereocenters. The SMILES string of the molecule is COc1cccc(C2C(C(=O)c3sc(-c4ccccc4)nc3C)=C(O)C(=O)N2c2nc3ccc(C(=O)O)cc3[nH]2)c1. The van der Waals surface area contributed by atoms with Gasteiger partial charge < -0.3 is 19.9 Å². The first-order valence-corrected chi connectivity index (χ1v) is 13.3. The fraction of sp³-hybridized carbons (Fsp3) is 0.100. The van der Waals surface area contributed by atoms with E-state index in [1.807, 2.05) is 30.3 Å². The van der Waals surface area contributed by atoms with E-state index >= 15 is 0 Å². The second kappa shape index (κ2) is 10.0. The topological polar surface area (TPSA) is 146 Å². The zero-order valence-corrected chi connectivity index (χ0v) is 22.6. The number of amides is 1. The van der Waals surface area contributed by atoms with Crippen molar-refractivity contribution in [3.63, 3.8) is 0 Å². The quantitative estimate of drug-likeness (QED) is 0.219. The average Bonchev–Trinajstić information content (AvgIpc) is 3.66. The van der Waals surface area contributed by atoms with Crippen LogP contribution < -0.4 is 9.64 Å². The smallest absolute Gasteiger partial charge is 0.335 e. The summed E-state index contributed by atoms with van der Waals surface area (Å²) in [6, 6.07) is 19.5. The number of nitrogens with one attached hydrogen (secondary N) is 1. The van der Waals surface area contributed by atoms with Gasteiger partial charge in [0, 0.05) is 5.56 Å². The van der Waals surface area contributed by atoms with Gasteiger partial charge in [-0.25, -0.2) is 14.8 Å². The molecule has 0 saturated carbocycles. The number of benzene rings is 3. The van der Waals surface area contributed by atoms with E-state index in [2.05, 4.69) is 15.0 Å². The number of aromatic amines is 1. The van der Waals surface area contributed by atoms with Crippen molar-refractivity contribution in [1.29, 1.82) is 0 Å². The van der Waals surface area contributed by atoms with Gasteiger partial charge in [0.1, 0.15) is 10.8 Å². The number of anilines is 1. The molecule has 0 spiro atoms. The highest BCUT2D eigenvalue weighted by Gasteiger charge is 2.46. The molecule has 3 aromatic carbocycles.